The minimum absolute atomic E-state index is 0.00133. The molecule has 3 rings (SSSR count). The predicted molar refractivity (Wildman–Crippen MR) is 102 cm³/mol. The standard InChI is InChI=1S/C19H16Cl2FN3O/c1-11(2)18-14(10-23-25(18)13-6-3-5-12(20)9-13)19(26)24-16-8-4-7-15(21)17(16)22/h3-11H,1-2H3,(H,24,26). The summed E-state index contributed by atoms with van der Waals surface area (Å²) < 4.78 is 15.7. The van der Waals surface area contributed by atoms with Gasteiger partial charge in [-0.05, 0) is 36.2 Å². The van der Waals surface area contributed by atoms with Gasteiger partial charge in [0.15, 0.2) is 5.82 Å². The number of benzene rings is 2. The van der Waals surface area contributed by atoms with Crippen molar-refractivity contribution in [1.29, 1.82) is 0 Å². The number of hydrogen-bond acceptors (Lipinski definition) is 2. The van der Waals surface area contributed by atoms with E-state index in [0.29, 0.717) is 16.3 Å². The average Bonchev–Trinajstić information content (AvgIpc) is 3.04. The lowest BCUT2D eigenvalue weighted by molar-refractivity contribution is 0.102. The van der Waals surface area contributed by atoms with E-state index in [-0.39, 0.29) is 16.6 Å². The quantitative estimate of drug-likeness (QED) is 0.620. The highest BCUT2D eigenvalue weighted by atomic mass is 35.5. The zero-order valence-corrected chi connectivity index (χ0v) is 15.6. The summed E-state index contributed by atoms with van der Waals surface area (Å²) in [4.78, 5) is 12.7. The molecule has 0 aliphatic carbocycles. The molecule has 134 valence electrons. The minimum Gasteiger partial charge on any atom is -0.319 e. The number of halogens is 3. The Kier molecular flexibility index (Phi) is 5.30. The summed E-state index contributed by atoms with van der Waals surface area (Å²) in [6.07, 6.45) is 1.47. The Hall–Kier alpha value is -2.37. The van der Waals surface area contributed by atoms with Crippen molar-refractivity contribution >= 4 is 34.8 Å². The van der Waals surface area contributed by atoms with Crippen LogP contribution in [0.5, 0.6) is 0 Å². The highest BCUT2D eigenvalue weighted by molar-refractivity contribution is 6.31. The molecule has 1 aromatic heterocycles. The number of amides is 1. The van der Waals surface area contributed by atoms with Crippen molar-refractivity contribution in [2.24, 2.45) is 0 Å². The van der Waals surface area contributed by atoms with E-state index < -0.39 is 11.7 Å². The number of carbonyl (C=O) groups is 1. The largest absolute Gasteiger partial charge is 0.319 e. The monoisotopic (exact) mass is 391 g/mol. The fraction of sp³-hybridized carbons (Fsp3) is 0.158. The Labute approximate surface area is 160 Å². The molecule has 0 saturated carbocycles. The van der Waals surface area contributed by atoms with Gasteiger partial charge in [0.05, 0.1) is 33.9 Å². The first-order valence-electron chi connectivity index (χ1n) is 7.97. The van der Waals surface area contributed by atoms with Crippen molar-refractivity contribution in [2.75, 3.05) is 5.32 Å². The van der Waals surface area contributed by atoms with Gasteiger partial charge >= 0.3 is 0 Å². The zero-order valence-electron chi connectivity index (χ0n) is 14.1. The molecule has 0 radical (unpaired) electrons. The van der Waals surface area contributed by atoms with Crippen LogP contribution in [-0.4, -0.2) is 15.7 Å². The molecule has 0 aliphatic heterocycles. The molecule has 1 heterocycles. The maximum atomic E-state index is 14.1. The van der Waals surface area contributed by atoms with Crippen LogP contribution in [0.15, 0.2) is 48.7 Å². The summed E-state index contributed by atoms with van der Waals surface area (Å²) in [6.45, 7) is 3.91. The Morgan fingerprint density at radius 2 is 1.92 bits per heavy atom. The van der Waals surface area contributed by atoms with Gasteiger partial charge in [0.1, 0.15) is 0 Å². The number of anilines is 1. The second-order valence-corrected chi connectivity index (χ2v) is 6.89. The van der Waals surface area contributed by atoms with Crippen molar-refractivity contribution < 1.29 is 9.18 Å². The molecule has 0 spiro atoms. The normalized spacial score (nSPS) is 11.0. The topological polar surface area (TPSA) is 46.9 Å². The summed E-state index contributed by atoms with van der Waals surface area (Å²) in [7, 11) is 0. The first kappa shape index (κ1) is 18.4. The van der Waals surface area contributed by atoms with E-state index in [9.17, 15) is 9.18 Å². The number of hydrogen-bond donors (Lipinski definition) is 1. The van der Waals surface area contributed by atoms with Gasteiger partial charge in [-0.2, -0.15) is 5.10 Å². The van der Waals surface area contributed by atoms with Crippen molar-refractivity contribution in [3.8, 4) is 5.69 Å². The van der Waals surface area contributed by atoms with E-state index in [1.807, 2.05) is 26.0 Å². The molecule has 2 aromatic carbocycles. The lowest BCUT2D eigenvalue weighted by Crippen LogP contribution is -2.16. The molecule has 0 saturated heterocycles. The van der Waals surface area contributed by atoms with Crippen molar-refractivity contribution in [2.45, 2.75) is 19.8 Å². The SMILES string of the molecule is CC(C)c1c(C(=O)Nc2cccc(Cl)c2F)cnn1-c1cccc(Cl)c1. The molecule has 0 bridgehead atoms. The van der Waals surface area contributed by atoms with Crippen molar-refractivity contribution in [3.63, 3.8) is 0 Å². The molecule has 0 fully saturated rings. The molecule has 0 aliphatic rings. The second-order valence-electron chi connectivity index (χ2n) is 6.05. The Morgan fingerprint density at radius 1 is 1.19 bits per heavy atom. The Balaban J connectivity index is 2.00. The van der Waals surface area contributed by atoms with E-state index in [1.54, 1.807) is 22.9 Å². The lowest BCUT2D eigenvalue weighted by atomic mass is 10.0. The van der Waals surface area contributed by atoms with Crippen LogP contribution in [-0.2, 0) is 0 Å². The third-order valence-corrected chi connectivity index (χ3v) is 4.38. The average molecular weight is 392 g/mol. The highest BCUT2D eigenvalue weighted by Crippen LogP contribution is 2.27. The fourth-order valence-corrected chi connectivity index (χ4v) is 3.05. The van der Waals surface area contributed by atoms with E-state index >= 15 is 0 Å². The summed E-state index contributed by atoms with van der Waals surface area (Å²) in [5, 5.41) is 7.40. The van der Waals surface area contributed by atoms with E-state index in [4.69, 9.17) is 23.2 Å². The number of carbonyl (C=O) groups excluding carboxylic acids is 1. The molecule has 1 N–H and O–H groups in total. The fourth-order valence-electron chi connectivity index (χ4n) is 2.69. The van der Waals surface area contributed by atoms with Crippen molar-refractivity contribution in [3.05, 3.63) is 75.8 Å². The molecule has 26 heavy (non-hydrogen) atoms. The van der Waals surface area contributed by atoms with E-state index in [1.165, 1.54) is 18.3 Å². The van der Waals surface area contributed by atoms with Crippen molar-refractivity contribution in [1.82, 2.24) is 9.78 Å². The molecule has 1 amide bonds. The van der Waals surface area contributed by atoms with Crippen LogP contribution in [0.2, 0.25) is 10.0 Å². The maximum Gasteiger partial charge on any atom is 0.259 e. The molecule has 0 atom stereocenters. The van der Waals surface area contributed by atoms with Crippen LogP contribution in [0, 0.1) is 5.82 Å². The Morgan fingerprint density at radius 3 is 2.62 bits per heavy atom. The third-order valence-electron chi connectivity index (χ3n) is 3.85. The molecule has 7 heteroatoms. The highest BCUT2D eigenvalue weighted by Gasteiger charge is 2.22. The van der Waals surface area contributed by atoms with Crippen LogP contribution in [0.25, 0.3) is 5.69 Å². The first-order chi connectivity index (χ1) is 12.4. The first-order valence-corrected chi connectivity index (χ1v) is 8.73. The van der Waals surface area contributed by atoms with Gasteiger partial charge in [-0.3, -0.25) is 4.79 Å². The molecule has 4 nitrogen and oxygen atoms in total. The Bertz CT molecular complexity index is 969. The van der Waals surface area contributed by atoms with Gasteiger partial charge in [-0.25, -0.2) is 9.07 Å². The smallest absolute Gasteiger partial charge is 0.259 e. The molecular weight excluding hydrogens is 376 g/mol. The van der Waals surface area contributed by atoms with Gasteiger partial charge in [-0.15, -0.1) is 0 Å². The summed E-state index contributed by atoms with van der Waals surface area (Å²) in [5.74, 6) is -1.12. The van der Waals surface area contributed by atoms with Gasteiger partial charge < -0.3 is 5.32 Å². The van der Waals surface area contributed by atoms with Gasteiger partial charge in [0.25, 0.3) is 5.91 Å². The molecular formula is C19H16Cl2FN3O. The van der Waals surface area contributed by atoms with Gasteiger partial charge in [-0.1, -0.05) is 49.2 Å². The van der Waals surface area contributed by atoms with E-state index in [2.05, 4.69) is 10.4 Å². The predicted octanol–water partition coefficient (Wildman–Crippen LogP) is 5.69. The number of nitrogens with one attached hydrogen (secondary N) is 1. The van der Waals surface area contributed by atoms with Gasteiger partial charge in [0, 0.05) is 5.02 Å². The number of aromatic nitrogens is 2. The number of nitrogens with zero attached hydrogens (tertiary/aromatic N) is 2. The molecule has 3 aromatic rings. The van der Waals surface area contributed by atoms with Crippen LogP contribution in [0.3, 0.4) is 0 Å². The minimum atomic E-state index is -0.671. The summed E-state index contributed by atoms with van der Waals surface area (Å²) >= 11 is 11.8. The summed E-state index contributed by atoms with van der Waals surface area (Å²) in [6, 6.07) is 11.6. The van der Waals surface area contributed by atoms with Crippen LogP contribution in [0.4, 0.5) is 10.1 Å². The third kappa shape index (κ3) is 3.59. The second kappa shape index (κ2) is 7.48. The van der Waals surface area contributed by atoms with Crippen LogP contribution in [0.1, 0.15) is 35.8 Å². The summed E-state index contributed by atoms with van der Waals surface area (Å²) in [5.41, 5.74) is 1.83. The lowest BCUT2D eigenvalue weighted by Gasteiger charge is -2.13. The number of rotatable bonds is 4. The maximum absolute atomic E-state index is 14.1. The zero-order chi connectivity index (χ0) is 18.8. The van der Waals surface area contributed by atoms with E-state index in [0.717, 1.165) is 5.69 Å². The van der Waals surface area contributed by atoms with Crippen LogP contribution >= 0.6 is 23.2 Å². The molecule has 0 unspecified atom stereocenters. The van der Waals surface area contributed by atoms with Crippen LogP contribution < -0.4 is 5.32 Å². The van der Waals surface area contributed by atoms with Gasteiger partial charge in [0.2, 0.25) is 0 Å².